The van der Waals surface area contributed by atoms with Crippen LogP contribution in [0.1, 0.15) is 59.3 Å². The Morgan fingerprint density at radius 1 is 1.00 bits per heavy atom. The van der Waals surface area contributed by atoms with E-state index in [0.717, 1.165) is 12.8 Å². The molecule has 0 aromatic rings. The Balaban J connectivity index is 4.53. The molecule has 3 nitrogen and oxygen atoms in total. The summed E-state index contributed by atoms with van der Waals surface area (Å²) in [5, 5.41) is 0. The normalized spacial score (nSPS) is 13.4. The molecular weight excluding hydrogens is 240 g/mol. The van der Waals surface area contributed by atoms with Crippen LogP contribution in [-0.2, 0) is 14.2 Å². The van der Waals surface area contributed by atoms with Crippen LogP contribution < -0.4 is 0 Å². The molecule has 0 aliphatic rings. The van der Waals surface area contributed by atoms with Crippen LogP contribution in [0.25, 0.3) is 0 Å². The maximum atomic E-state index is 5.40. The fourth-order valence-electron chi connectivity index (χ4n) is 2.37. The molecule has 0 heterocycles. The molecule has 0 rings (SSSR count). The van der Waals surface area contributed by atoms with Crippen molar-refractivity contribution in [3.8, 4) is 0 Å². The van der Waals surface area contributed by atoms with Gasteiger partial charge < -0.3 is 14.2 Å². The third-order valence-corrected chi connectivity index (χ3v) is 3.44. The van der Waals surface area contributed by atoms with E-state index < -0.39 is 5.97 Å². The lowest BCUT2D eigenvalue weighted by molar-refractivity contribution is -0.358. The van der Waals surface area contributed by atoms with Gasteiger partial charge in [-0.1, -0.05) is 44.3 Å². The Hall–Kier alpha value is -0.380. The molecule has 19 heavy (non-hydrogen) atoms. The number of unbranched alkanes of at least 4 members (excludes halogenated alkanes) is 3. The molecule has 0 saturated heterocycles. The molecule has 114 valence electrons. The predicted octanol–water partition coefficient (Wildman–Crippen LogP) is 4.52. The number of ether oxygens (including phenoxy) is 3. The molecule has 0 fully saturated rings. The van der Waals surface area contributed by atoms with Crippen LogP contribution >= 0.6 is 0 Å². The molecule has 0 aromatic carbocycles. The first-order valence-corrected chi connectivity index (χ1v) is 7.34. The highest BCUT2D eigenvalue weighted by atomic mass is 16.9. The van der Waals surface area contributed by atoms with E-state index in [1.165, 1.54) is 31.3 Å². The zero-order valence-electron chi connectivity index (χ0n) is 13.6. The molecule has 0 N–H and O–H groups in total. The summed E-state index contributed by atoms with van der Waals surface area (Å²) in [7, 11) is 4.89. The van der Waals surface area contributed by atoms with Crippen LogP contribution in [0.4, 0.5) is 0 Å². The zero-order valence-corrected chi connectivity index (χ0v) is 13.6. The van der Waals surface area contributed by atoms with Gasteiger partial charge in [-0.05, 0) is 26.2 Å². The van der Waals surface area contributed by atoms with Crippen molar-refractivity contribution >= 4 is 0 Å². The van der Waals surface area contributed by atoms with E-state index in [1.54, 1.807) is 21.3 Å². The van der Waals surface area contributed by atoms with Crippen molar-refractivity contribution in [1.29, 1.82) is 0 Å². The van der Waals surface area contributed by atoms with Crippen molar-refractivity contribution in [3.05, 3.63) is 11.6 Å². The van der Waals surface area contributed by atoms with E-state index in [4.69, 9.17) is 14.2 Å². The van der Waals surface area contributed by atoms with Gasteiger partial charge in [-0.15, -0.1) is 0 Å². The molecule has 0 saturated carbocycles. The lowest BCUT2D eigenvalue weighted by atomic mass is 9.94. The van der Waals surface area contributed by atoms with Crippen LogP contribution in [0, 0.1) is 5.92 Å². The minimum atomic E-state index is -0.915. The van der Waals surface area contributed by atoms with E-state index in [9.17, 15) is 0 Å². The van der Waals surface area contributed by atoms with Crippen molar-refractivity contribution in [2.24, 2.45) is 5.92 Å². The standard InChI is InChI=1S/C16H32O3/c1-7-8-9-10-11-15(12-14(2)3)13-16(17-4,18-5)19-6/h12,15H,7-11,13H2,1-6H3. The van der Waals surface area contributed by atoms with Gasteiger partial charge in [-0.2, -0.15) is 0 Å². The molecule has 0 aromatic heterocycles. The molecule has 1 unspecified atom stereocenters. The zero-order chi connectivity index (χ0) is 14.7. The van der Waals surface area contributed by atoms with Crippen molar-refractivity contribution in [1.82, 2.24) is 0 Å². The van der Waals surface area contributed by atoms with Crippen molar-refractivity contribution in [2.75, 3.05) is 21.3 Å². The maximum Gasteiger partial charge on any atom is 0.282 e. The summed E-state index contributed by atoms with van der Waals surface area (Å²) in [5.74, 6) is -0.483. The largest absolute Gasteiger partial charge is 0.331 e. The fraction of sp³-hybridized carbons (Fsp3) is 0.875. The van der Waals surface area contributed by atoms with E-state index >= 15 is 0 Å². The number of hydrogen-bond donors (Lipinski definition) is 0. The third-order valence-electron chi connectivity index (χ3n) is 3.44. The maximum absolute atomic E-state index is 5.40. The summed E-state index contributed by atoms with van der Waals surface area (Å²) in [6.07, 6.45) is 9.31. The highest BCUT2D eigenvalue weighted by molar-refractivity contribution is 4.98. The van der Waals surface area contributed by atoms with Gasteiger partial charge in [0.15, 0.2) is 0 Å². The second kappa shape index (κ2) is 10.4. The number of methoxy groups -OCH3 is 3. The molecule has 0 radical (unpaired) electrons. The van der Waals surface area contributed by atoms with Gasteiger partial charge >= 0.3 is 0 Å². The minimum Gasteiger partial charge on any atom is -0.331 e. The van der Waals surface area contributed by atoms with Crippen molar-refractivity contribution in [3.63, 3.8) is 0 Å². The Bertz CT molecular complexity index is 232. The number of allylic oxidation sites excluding steroid dienone is 2. The lowest BCUT2D eigenvalue weighted by Crippen LogP contribution is -2.38. The van der Waals surface area contributed by atoms with Crippen molar-refractivity contribution in [2.45, 2.75) is 65.3 Å². The topological polar surface area (TPSA) is 27.7 Å². The smallest absolute Gasteiger partial charge is 0.282 e. The highest BCUT2D eigenvalue weighted by Gasteiger charge is 2.32. The summed E-state index contributed by atoms with van der Waals surface area (Å²) in [6.45, 7) is 6.50. The molecule has 0 aliphatic carbocycles. The molecule has 1 atom stereocenters. The fourth-order valence-corrected chi connectivity index (χ4v) is 2.37. The second-order valence-electron chi connectivity index (χ2n) is 5.35. The Kier molecular flexibility index (Phi) is 10.2. The summed E-state index contributed by atoms with van der Waals surface area (Å²) < 4.78 is 16.2. The minimum absolute atomic E-state index is 0.432. The summed E-state index contributed by atoms with van der Waals surface area (Å²) >= 11 is 0. The van der Waals surface area contributed by atoms with E-state index in [2.05, 4.69) is 26.8 Å². The van der Waals surface area contributed by atoms with Gasteiger partial charge in [0.2, 0.25) is 0 Å². The van der Waals surface area contributed by atoms with E-state index in [0.29, 0.717) is 5.92 Å². The van der Waals surface area contributed by atoms with E-state index in [-0.39, 0.29) is 0 Å². The Morgan fingerprint density at radius 2 is 1.58 bits per heavy atom. The van der Waals surface area contributed by atoms with Crippen LogP contribution in [0.2, 0.25) is 0 Å². The van der Waals surface area contributed by atoms with Crippen LogP contribution in [0.3, 0.4) is 0 Å². The summed E-state index contributed by atoms with van der Waals surface area (Å²) in [5.41, 5.74) is 1.33. The number of hydrogen-bond acceptors (Lipinski definition) is 3. The predicted molar refractivity (Wildman–Crippen MR) is 80.1 cm³/mol. The van der Waals surface area contributed by atoms with Gasteiger partial charge in [0.05, 0.1) is 0 Å². The van der Waals surface area contributed by atoms with Gasteiger partial charge in [-0.25, -0.2) is 0 Å². The molecular formula is C16H32O3. The van der Waals surface area contributed by atoms with Crippen LogP contribution in [0.5, 0.6) is 0 Å². The molecule has 0 amide bonds. The summed E-state index contributed by atoms with van der Waals surface area (Å²) in [6, 6.07) is 0. The average Bonchev–Trinajstić information content (AvgIpc) is 2.40. The molecule has 0 aliphatic heterocycles. The first-order chi connectivity index (χ1) is 9.03. The quantitative estimate of drug-likeness (QED) is 0.314. The van der Waals surface area contributed by atoms with Gasteiger partial charge in [0.1, 0.15) is 0 Å². The lowest BCUT2D eigenvalue weighted by Gasteiger charge is -2.31. The van der Waals surface area contributed by atoms with Gasteiger partial charge in [0.25, 0.3) is 5.97 Å². The Morgan fingerprint density at radius 3 is 2.00 bits per heavy atom. The first-order valence-electron chi connectivity index (χ1n) is 7.34. The molecule has 3 heteroatoms. The highest BCUT2D eigenvalue weighted by Crippen LogP contribution is 2.28. The number of rotatable bonds is 11. The summed E-state index contributed by atoms with van der Waals surface area (Å²) in [4.78, 5) is 0. The molecule has 0 bridgehead atoms. The second-order valence-corrected chi connectivity index (χ2v) is 5.35. The average molecular weight is 272 g/mol. The first kappa shape index (κ1) is 18.6. The van der Waals surface area contributed by atoms with Crippen LogP contribution in [-0.4, -0.2) is 27.3 Å². The molecule has 0 spiro atoms. The monoisotopic (exact) mass is 272 g/mol. The van der Waals surface area contributed by atoms with Gasteiger partial charge in [0, 0.05) is 27.8 Å². The van der Waals surface area contributed by atoms with Crippen LogP contribution in [0.15, 0.2) is 11.6 Å². The third kappa shape index (κ3) is 7.71. The SMILES string of the molecule is CCCCCCC(C=C(C)C)CC(OC)(OC)OC. The Labute approximate surface area is 119 Å². The van der Waals surface area contributed by atoms with E-state index in [1.807, 2.05) is 0 Å². The van der Waals surface area contributed by atoms with Crippen molar-refractivity contribution < 1.29 is 14.2 Å². The van der Waals surface area contributed by atoms with Gasteiger partial charge in [-0.3, -0.25) is 0 Å².